The third kappa shape index (κ3) is 3.69. The van der Waals surface area contributed by atoms with Crippen LogP contribution in [0.5, 0.6) is 0 Å². The molecule has 0 fully saturated rings. The standard InChI is InChI=1S/C22H21N5O2S2/c1-14-22(30-15(2)25-14)31(28,29)27-10-8-19-17(13-27)7-9-23-21(19)26-18-11-16-5-3-4-6-20(16)24-12-18/h3-7,9,11-12H,8,10,13H2,1-2H3,(H,23,26). The molecule has 1 aromatic carbocycles. The maximum Gasteiger partial charge on any atom is 0.254 e. The van der Waals surface area contributed by atoms with Crippen LogP contribution in [0.15, 0.2) is 53.0 Å². The molecule has 0 saturated heterocycles. The molecule has 0 atom stereocenters. The van der Waals surface area contributed by atoms with Crippen LogP contribution in [-0.4, -0.2) is 34.2 Å². The predicted octanol–water partition coefficient (Wildman–Crippen LogP) is 4.19. The Labute approximate surface area is 184 Å². The SMILES string of the molecule is Cc1nc(C)c(S(=O)(=O)N2CCc3c(ccnc3Nc3cnc4ccccc4c3)C2)s1. The van der Waals surface area contributed by atoms with Crippen LogP contribution < -0.4 is 5.32 Å². The smallest absolute Gasteiger partial charge is 0.254 e. The summed E-state index contributed by atoms with van der Waals surface area (Å²) in [5.74, 6) is 0.747. The fourth-order valence-corrected chi connectivity index (χ4v) is 6.96. The van der Waals surface area contributed by atoms with Gasteiger partial charge in [0.1, 0.15) is 5.82 Å². The van der Waals surface area contributed by atoms with Gasteiger partial charge in [0.05, 0.1) is 28.1 Å². The minimum atomic E-state index is -3.57. The van der Waals surface area contributed by atoms with Crippen LogP contribution in [0.2, 0.25) is 0 Å². The van der Waals surface area contributed by atoms with Crippen molar-refractivity contribution in [3.8, 4) is 0 Å². The number of aromatic nitrogens is 3. The Hall–Kier alpha value is -2.88. The quantitative estimate of drug-likeness (QED) is 0.500. The van der Waals surface area contributed by atoms with E-state index in [-0.39, 0.29) is 0 Å². The van der Waals surface area contributed by atoms with E-state index in [1.165, 1.54) is 15.6 Å². The van der Waals surface area contributed by atoms with Crippen molar-refractivity contribution in [1.82, 2.24) is 19.3 Å². The number of sulfonamides is 1. The first-order chi connectivity index (χ1) is 14.9. The van der Waals surface area contributed by atoms with Gasteiger partial charge >= 0.3 is 0 Å². The van der Waals surface area contributed by atoms with E-state index in [0.29, 0.717) is 29.4 Å². The molecular formula is C22H21N5O2S2. The number of nitrogens with zero attached hydrogens (tertiary/aromatic N) is 4. The zero-order valence-corrected chi connectivity index (χ0v) is 18.8. The second kappa shape index (κ2) is 7.67. The van der Waals surface area contributed by atoms with Crippen molar-refractivity contribution in [2.75, 3.05) is 11.9 Å². The van der Waals surface area contributed by atoms with E-state index in [0.717, 1.165) is 38.5 Å². The minimum Gasteiger partial charge on any atom is -0.339 e. The van der Waals surface area contributed by atoms with Crippen molar-refractivity contribution in [1.29, 1.82) is 0 Å². The van der Waals surface area contributed by atoms with Crippen molar-refractivity contribution in [3.05, 3.63) is 70.6 Å². The molecule has 0 radical (unpaired) electrons. The number of anilines is 2. The van der Waals surface area contributed by atoms with Crippen molar-refractivity contribution >= 4 is 43.8 Å². The molecule has 5 rings (SSSR count). The Kier molecular flexibility index (Phi) is 4.96. The molecule has 0 amide bonds. The van der Waals surface area contributed by atoms with Crippen molar-refractivity contribution in [2.45, 2.75) is 31.0 Å². The van der Waals surface area contributed by atoms with Crippen LogP contribution in [0.1, 0.15) is 21.8 Å². The van der Waals surface area contributed by atoms with Gasteiger partial charge in [0, 0.05) is 30.2 Å². The monoisotopic (exact) mass is 451 g/mol. The highest BCUT2D eigenvalue weighted by Crippen LogP contribution is 2.32. The molecule has 3 aromatic heterocycles. The van der Waals surface area contributed by atoms with Gasteiger partial charge in [-0.15, -0.1) is 11.3 Å². The number of thiazole rings is 1. The second-order valence-electron chi connectivity index (χ2n) is 7.53. The number of fused-ring (bicyclic) bond motifs is 2. The van der Waals surface area contributed by atoms with E-state index >= 15 is 0 Å². The van der Waals surface area contributed by atoms with Gasteiger partial charge in [0.15, 0.2) is 4.21 Å². The third-order valence-corrected chi connectivity index (χ3v) is 8.90. The van der Waals surface area contributed by atoms with Crippen molar-refractivity contribution in [3.63, 3.8) is 0 Å². The predicted molar refractivity (Wildman–Crippen MR) is 122 cm³/mol. The lowest BCUT2D eigenvalue weighted by Crippen LogP contribution is -2.36. The van der Waals surface area contributed by atoms with Gasteiger partial charge in [-0.1, -0.05) is 18.2 Å². The maximum atomic E-state index is 13.2. The number of nitrogens with one attached hydrogen (secondary N) is 1. The molecule has 1 aliphatic rings. The van der Waals surface area contributed by atoms with E-state index in [2.05, 4.69) is 20.3 Å². The maximum absolute atomic E-state index is 13.2. The van der Waals surface area contributed by atoms with E-state index in [1.807, 2.05) is 43.3 Å². The molecule has 158 valence electrons. The third-order valence-electron chi connectivity index (χ3n) is 5.40. The summed E-state index contributed by atoms with van der Waals surface area (Å²) < 4.78 is 28.3. The summed E-state index contributed by atoms with van der Waals surface area (Å²) in [7, 11) is -3.57. The van der Waals surface area contributed by atoms with E-state index in [9.17, 15) is 8.42 Å². The van der Waals surface area contributed by atoms with E-state index in [4.69, 9.17) is 0 Å². The summed E-state index contributed by atoms with van der Waals surface area (Å²) in [6.45, 7) is 4.30. The number of para-hydroxylation sites is 1. The first-order valence-electron chi connectivity index (χ1n) is 9.94. The van der Waals surface area contributed by atoms with Gasteiger partial charge in [-0.25, -0.2) is 18.4 Å². The van der Waals surface area contributed by atoms with E-state index in [1.54, 1.807) is 19.3 Å². The first kappa shape index (κ1) is 20.0. The Morgan fingerprint density at radius 1 is 1.13 bits per heavy atom. The molecule has 0 spiro atoms. The van der Waals surface area contributed by atoms with E-state index < -0.39 is 10.0 Å². The molecule has 0 saturated carbocycles. The highest BCUT2D eigenvalue weighted by atomic mass is 32.2. The number of aryl methyl sites for hydroxylation is 2. The lowest BCUT2D eigenvalue weighted by molar-refractivity contribution is 0.392. The molecule has 9 heteroatoms. The van der Waals surface area contributed by atoms with Crippen LogP contribution in [0.25, 0.3) is 10.9 Å². The summed E-state index contributed by atoms with van der Waals surface area (Å²) >= 11 is 1.23. The molecule has 1 aliphatic heterocycles. The van der Waals surface area contributed by atoms with Crippen LogP contribution in [0.3, 0.4) is 0 Å². The van der Waals surface area contributed by atoms with Gasteiger partial charge in [0.2, 0.25) is 0 Å². The van der Waals surface area contributed by atoms with Gasteiger partial charge in [-0.3, -0.25) is 4.98 Å². The van der Waals surface area contributed by atoms with Gasteiger partial charge < -0.3 is 5.32 Å². The van der Waals surface area contributed by atoms with Gasteiger partial charge in [0.25, 0.3) is 10.0 Å². The Balaban J connectivity index is 1.43. The molecule has 0 bridgehead atoms. The lowest BCUT2D eigenvalue weighted by Gasteiger charge is -2.28. The average Bonchev–Trinajstić information content (AvgIpc) is 3.12. The molecule has 4 aromatic rings. The number of hydrogen-bond acceptors (Lipinski definition) is 7. The van der Waals surface area contributed by atoms with Crippen LogP contribution in [-0.2, 0) is 23.0 Å². The van der Waals surface area contributed by atoms with Crippen LogP contribution in [0, 0.1) is 13.8 Å². The number of benzene rings is 1. The second-order valence-corrected chi connectivity index (χ2v) is 10.9. The topological polar surface area (TPSA) is 88.1 Å². The molecule has 4 heterocycles. The number of hydrogen-bond donors (Lipinski definition) is 1. The summed E-state index contributed by atoms with van der Waals surface area (Å²) in [6, 6.07) is 11.9. The Bertz CT molecular complexity index is 1400. The van der Waals surface area contributed by atoms with Gasteiger partial charge in [-0.05, 0) is 44.0 Å². The summed E-state index contributed by atoms with van der Waals surface area (Å²) in [5.41, 5.74) is 4.35. The summed E-state index contributed by atoms with van der Waals surface area (Å²) in [4.78, 5) is 13.3. The van der Waals surface area contributed by atoms with Crippen molar-refractivity contribution < 1.29 is 8.42 Å². The van der Waals surface area contributed by atoms with Crippen LogP contribution in [0.4, 0.5) is 11.5 Å². The van der Waals surface area contributed by atoms with Gasteiger partial charge in [-0.2, -0.15) is 4.31 Å². The molecular weight excluding hydrogens is 430 g/mol. The highest BCUT2D eigenvalue weighted by Gasteiger charge is 2.32. The fraction of sp³-hybridized carbons (Fsp3) is 0.227. The normalized spacial score (nSPS) is 14.5. The molecule has 0 unspecified atom stereocenters. The molecule has 7 nitrogen and oxygen atoms in total. The summed E-state index contributed by atoms with van der Waals surface area (Å²) in [6.07, 6.45) is 4.09. The minimum absolute atomic E-state index is 0.321. The number of rotatable bonds is 4. The highest BCUT2D eigenvalue weighted by molar-refractivity contribution is 7.91. The number of pyridine rings is 2. The first-order valence-corrected chi connectivity index (χ1v) is 12.2. The molecule has 0 aliphatic carbocycles. The zero-order valence-electron chi connectivity index (χ0n) is 17.2. The van der Waals surface area contributed by atoms with Crippen LogP contribution >= 0.6 is 11.3 Å². The largest absolute Gasteiger partial charge is 0.339 e. The molecule has 31 heavy (non-hydrogen) atoms. The zero-order chi connectivity index (χ0) is 21.6. The average molecular weight is 452 g/mol. The van der Waals surface area contributed by atoms with Crippen molar-refractivity contribution in [2.24, 2.45) is 0 Å². The Morgan fingerprint density at radius 3 is 2.77 bits per heavy atom. The summed E-state index contributed by atoms with van der Waals surface area (Å²) in [5, 5.41) is 5.18. The fourth-order valence-electron chi connectivity index (χ4n) is 3.92. The molecule has 1 N–H and O–H groups in total. The Morgan fingerprint density at radius 2 is 1.97 bits per heavy atom. The lowest BCUT2D eigenvalue weighted by atomic mass is 10.0.